The van der Waals surface area contributed by atoms with Crippen molar-refractivity contribution in [2.24, 2.45) is 0 Å². The summed E-state index contributed by atoms with van der Waals surface area (Å²) in [6, 6.07) is 2.30. The molecular weight excluding hydrogens is 319 g/mol. The van der Waals surface area contributed by atoms with Crippen molar-refractivity contribution in [3.8, 4) is 0 Å². The van der Waals surface area contributed by atoms with E-state index in [9.17, 15) is 18.0 Å². The van der Waals surface area contributed by atoms with Gasteiger partial charge in [0.15, 0.2) is 17.5 Å². The molecule has 4 nitrogen and oxygen atoms in total. The topological polar surface area (TPSA) is 46.9 Å². The maximum Gasteiger partial charge on any atom is 0.226 e. The number of rotatable bonds is 2. The monoisotopic (exact) mass is 335 g/mol. The average Bonchev–Trinajstić information content (AvgIpc) is 3.21. The van der Waals surface area contributed by atoms with Crippen LogP contribution in [-0.4, -0.2) is 15.7 Å². The molecule has 1 atom stereocenters. The van der Waals surface area contributed by atoms with Crippen LogP contribution in [0.15, 0.2) is 18.3 Å². The molecule has 1 aliphatic heterocycles. The zero-order valence-corrected chi connectivity index (χ0v) is 12.9. The number of amides is 1. The molecule has 126 valence electrons. The van der Waals surface area contributed by atoms with E-state index >= 15 is 0 Å². The number of carbonyl (C=O) groups excluding carboxylic acids is 1. The number of nitrogens with zero attached hydrogens (tertiary/aromatic N) is 2. The number of benzene rings is 1. The molecule has 1 N–H and O–H groups in total. The van der Waals surface area contributed by atoms with Crippen LogP contribution in [0, 0.1) is 17.5 Å². The second-order valence-corrected chi connectivity index (χ2v) is 6.40. The van der Waals surface area contributed by atoms with Crippen LogP contribution in [0.3, 0.4) is 0 Å². The summed E-state index contributed by atoms with van der Waals surface area (Å²) in [7, 11) is 0. The molecule has 2 heterocycles. The second kappa shape index (κ2) is 5.65. The molecular formula is C17H16F3N3O. The van der Waals surface area contributed by atoms with Gasteiger partial charge < -0.3 is 5.32 Å². The third kappa shape index (κ3) is 2.30. The normalized spacial score (nSPS) is 21.0. The van der Waals surface area contributed by atoms with Gasteiger partial charge in [0.25, 0.3) is 0 Å². The highest BCUT2D eigenvalue weighted by molar-refractivity contribution is 5.94. The van der Waals surface area contributed by atoms with Gasteiger partial charge >= 0.3 is 0 Å². The molecule has 1 saturated carbocycles. The lowest BCUT2D eigenvalue weighted by Crippen LogP contribution is -2.26. The summed E-state index contributed by atoms with van der Waals surface area (Å²) in [5, 5.41) is 7.17. The average molecular weight is 335 g/mol. The van der Waals surface area contributed by atoms with E-state index in [1.54, 1.807) is 10.9 Å². The lowest BCUT2D eigenvalue weighted by molar-refractivity contribution is -0.116. The molecule has 1 aromatic carbocycles. The lowest BCUT2D eigenvalue weighted by atomic mass is 9.87. The van der Waals surface area contributed by atoms with Gasteiger partial charge in [0, 0.05) is 17.9 Å². The number of hydrogen-bond donors (Lipinski definition) is 1. The van der Waals surface area contributed by atoms with Crippen LogP contribution in [0.25, 0.3) is 0 Å². The van der Waals surface area contributed by atoms with Gasteiger partial charge in [-0.2, -0.15) is 5.10 Å². The quantitative estimate of drug-likeness (QED) is 0.847. The van der Waals surface area contributed by atoms with Crippen molar-refractivity contribution in [3.63, 3.8) is 0 Å². The first-order valence-corrected chi connectivity index (χ1v) is 8.07. The second-order valence-electron chi connectivity index (χ2n) is 6.40. The highest BCUT2D eigenvalue weighted by Crippen LogP contribution is 2.41. The zero-order valence-electron chi connectivity index (χ0n) is 12.9. The van der Waals surface area contributed by atoms with Gasteiger partial charge in [0.2, 0.25) is 5.91 Å². The van der Waals surface area contributed by atoms with Gasteiger partial charge in [-0.15, -0.1) is 0 Å². The third-order valence-corrected chi connectivity index (χ3v) is 4.96. The Morgan fingerprint density at radius 3 is 2.58 bits per heavy atom. The van der Waals surface area contributed by atoms with Gasteiger partial charge in [-0.3, -0.25) is 4.79 Å². The van der Waals surface area contributed by atoms with Crippen molar-refractivity contribution >= 4 is 11.7 Å². The molecule has 1 fully saturated rings. The smallest absolute Gasteiger partial charge is 0.226 e. The molecule has 0 bridgehead atoms. The lowest BCUT2D eigenvalue weighted by Gasteiger charge is -2.25. The molecule has 1 amide bonds. The number of nitrogens with one attached hydrogen (secondary N) is 1. The Morgan fingerprint density at radius 2 is 1.83 bits per heavy atom. The van der Waals surface area contributed by atoms with Crippen LogP contribution >= 0.6 is 0 Å². The molecule has 1 unspecified atom stereocenters. The van der Waals surface area contributed by atoms with E-state index in [1.165, 1.54) is 6.07 Å². The Kier molecular flexibility index (Phi) is 3.58. The van der Waals surface area contributed by atoms with Crippen molar-refractivity contribution in [1.29, 1.82) is 0 Å². The Morgan fingerprint density at radius 1 is 1.08 bits per heavy atom. The fourth-order valence-electron chi connectivity index (χ4n) is 3.75. The SMILES string of the molecule is O=C1CC(c2ccc(F)c(F)c2F)c2cnn(C3CCCC3)c2N1. The maximum absolute atomic E-state index is 14.2. The Hall–Kier alpha value is -2.31. The van der Waals surface area contributed by atoms with Crippen LogP contribution in [0.1, 0.15) is 55.2 Å². The number of aromatic nitrogens is 2. The highest BCUT2D eigenvalue weighted by Gasteiger charge is 2.34. The zero-order chi connectivity index (χ0) is 16.8. The van der Waals surface area contributed by atoms with E-state index in [0.717, 1.165) is 31.7 Å². The predicted molar refractivity (Wildman–Crippen MR) is 81.1 cm³/mol. The van der Waals surface area contributed by atoms with E-state index in [2.05, 4.69) is 10.4 Å². The maximum atomic E-state index is 14.2. The van der Waals surface area contributed by atoms with E-state index in [-0.39, 0.29) is 23.9 Å². The fraction of sp³-hybridized carbons (Fsp3) is 0.412. The molecule has 2 aliphatic rings. The van der Waals surface area contributed by atoms with Crippen molar-refractivity contribution in [3.05, 3.63) is 46.9 Å². The summed E-state index contributed by atoms with van der Waals surface area (Å²) in [5.41, 5.74) is 0.627. The number of anilines is 1. The molecule has 1 aromatic heterocycles. The fourth-order valence-corrected chi connectivity index (χ4v) is 3.75. The minimum Gasteiger partial charge on any atom is -0.311 e. The van der Waals surface area contributed by atoms with Crippen LogP contribution in [0.2, 0.25) is 0 Å². The molecule has 24 heavy (non-hydrogen) atoms. The molecule has 4 rings (SSSR count). The Bertz CT molecular complexity index is 812. The van der Waals surface area contributed by atoms with Gasteiger partial charge in [0.05, 0.1) is 12.2 Å². The first-order valence-electron chi connectivity index (χ1n) is 8.07. The van der Waals surface area contributed by atoms with Crippen molar-refractivity contribution in [1.82, 2.24) is 9.78 Å². The van der Waals surface area contributed by atoms with Crippen molar-refractivity contribution in [2.45, 2.75) is 44.1 Å². The number of hydrogen-bond acceptors (Lipinski definition) is 2. The third-order valence-electron chi connectivity index (χ3n) is 4.96. The van der Waals surface area contributed by atoms with Gasteiger partial charge in [-0.25, -0.2) is 17.9 Å². The number of halogens is 3. The first-order chi connectivity index (χ1) is 11.6. The van der Waals surface area contributed by atoms with Gasteiger partial charge in [0.1, 0.15) is 5.82 Å². The standard InChI is InChI=1S/C17H16F3N3O/c18-13-6-5-10(15(19)16(13)20)11-7-14(24)22-17-12(11)8-21-23(17)9-3-1-2-4-9/h5-6,8-9,11H,1-4,7H2,(H,22,24). The predicted octanol–water partition coefficient (Wildman–Crippen LogP) is 3.89. The minimum absolute atomic E-state index is 0.0176. The van der Waals surface area contributed by atoms with E-state index in [4.69, 9.17) is 0 Å². The summed E-state index contributed by atoms with van der Waals surface area (Å²) in [5.74, 6) is -4.39. The molecule has 1 aliphatic carbocycles. The van der Waals surface area contributed by atoms with Crippen molar-refractivity contribution in [2.75, 3.05) is 5.32 Å². The number of fused-ring (bicyclic) bond motifs is 1. The van der Waals surface area contributed by atoms with Gasteiger partial charge in [-0.05, 0) is 24.5 Å². The molecule has 0 radical (unpaired) electrons. The van der Waals surface area contributed by atoms with E-state index in [0.29, 0.717) is 11.4 Å². The first kappa shape index (κ1) is 15.2. The summed E-state index contributed by atoms with van der Waals surface area (Å²) in [6.45, 7) is 0. The number of carbonyl (C=O) groups is 1. The van der Waals surface area contributed by atoms with Gasteiger partial charge in [-0.1, -0.05) is 18.9 Å². The summed E-state index contributed by atoms with van der Waals surface area (Å²) >= 11 is 0. The summed E-state index contributed by atoms with van der Waals surface area (Å²) < 4.78 is 42.8. The van der Waals surface area contributed by atoms with E-state index < -0.39 is 23.4 Å². The molecule has 0 saturated heterocycles. The van der Waals surface area contributed by atoms with Crippen LogP contribution < -0.4 is 5.32 Å². The van der Waals surface area contributed by atoms with Crippen LogP contribution in [-0.2, 0) is 4.79 Å². The van der Waals surface area contributed by atoms with Crippen LogP contribution in [0.5, 0.6) is 0 Å². The Labute approximate surface area is 136 Å². The molecule has 7 heteroatoms. The summed E-state index contributed by atoms with van der Waals surface area (Å²) in [6.07, 6.45) is 5.75. The highest BCUT2D eigenvalue weighted by atomic mass is 19.2. The largest absolute Gasteiger partial charge is 0.311 e. The summed E-state index contributed by atoms with van der Waals surface area (Å²) in [4.78, 5) is 12.1. The van der Waals surface area contributed by atoms with E-state index in [1.807, 2.05) is 0 Å². The molecule has 0 spiro atoms. The Balaban J connectivity index is 1.80. The van der Waals surface area contributed by atoms with Crippen molar-refractivity contribution < 1.29 is 18.0 Å². The molecule has 2 aromatic rings. The minimum atomic E-state index is -1.51. The van der Waals surface area contributed by atoms with Crippen LogP contribution in [0.4, 0.5) is 19.0 Å².